The molecule has 5 aromatic rings. The van der Waals surface area contributed by atoms with Crippen LogP contribution in [-0.4, -0.2) is 138 Å². The maximum atomic E-state index is 15.4. The molecule has 0 bridgehead atoms. The van der Waals surface area contributed by atoms with E-state index in [4.69, 9.17) is 4.74 Å². The molecule has 5 aliphatic rings. The lowest BCUT2D eigenvalue weighted by Crippen LogP contribution is -2.49. The molecule has 0 spiro atoms. The van der Waals surface area contributed by atoms with Gasteiger partial charge in [-0.15, -0.1) is 3.89 Å². The van der Waals surface area contributed by atoms with Crippen molar-refractivity contribution in [2.45, 2.75) is 70.1 Å². The number of likely N-dealkylation sites (N-methyl/N-ethyl adjacent to an activating group) is 1. The van der Waals surface area contributed by atoms with E-state index in [0.29, 0.717) is 41.9 Å². The normalized spacial score (nSPS) is 20.5. The fourth-order valence-corrected chi connectivity index (χ4v) is 12.1. The van der Waals surface area contributed by atoms with E-state index in [2.05, 4.69) is 91.1 Å². The van der Waals surface area contributed by atoms with Crippen molar-refractivity contribution in [2.24, 2.45) is 13.0 Å². The van der Waals surface area contributed by atoms with Gasteiger partial charge >= 0.3 is 0 Å². The molecule has 7 heterocycles. The van der Waals surface area contributed by atoms with Gasteiger partial charge in [0.05, 0.1) is 23.3 Å². The molecule has 0 aliphatic carbocycles. The van der Waals surface area contributed by atoms with Crippen LogP contribution in [0.25, 0.3) is 16.6 Å². The van der Waals surface area contributed by atoms with E-state index in [1.807, 2.05) is 35.2 Å². The van der Waals surface area contributed by atoms with Crippen molar-refractivity contribution in [2.75, 3.05) is 101 Å². The largest absolute Gasteiger partial charge is 0.377 e. The first-order valence-corrected chi connectivity index (χ1v) is 26.0. The predicted molar refractivity (Wildman–Crippen MR) is 277 cm³/mol. The highest BCUT2D eigenvalue weighted by Crippen LogP contribution is 2.42. The average molecular weight is 989 g/mol. The minimum Gasteiger partial charge on any atom is -0.377 e. The minimum absolute atomic E-state index is 0.00153. The van der Waals surface area contributed by atoms with Crippen molar-refractivity contribution in [3.05, 3.63) is 112 Å². The highest BCUT2D eigenvalue weighted by atomic mass is 32.2. The number of likely N-dealkylation sites (tertiary alicyclic amines) is 2. The molecular weight excluding hydrogens is 923 g/mol. The molecule has 3 aromatic carbocycles. The summed E-state index contributed by atoms with van der Waals surface area (Å²) in [6, 6.07) is 21.5. The monoisotopic (exact) mass is 988 g/mol. The Kier molecular flexibility index (Phi) is 14.6. The van der Waals surface area contributed by atoms with Crippen LogP contribution in [0.2, 0.25) is 0 Å². The molecule has 0 radical (unpaired) electrons. The van der Waals surface area contributed by atoms with Crippen molar-refractivity contribution in [1.82, 2.24) is 33.5 Å². The highest BCUT2D eigenvalue weighted by molar-refractivity contribution is 7.93. The van der Waals surface area contributed by atoms with Gasteiger partial charge < -0.3 is 34.6 Å². The smallest absolute Gasteiger partial charge is 0.253 e. The number of benzene rings is 3. The summed E-state index contributed by atoms with van der Waals surface area (Å²) in [5.41, 5.74) is 9.24. The van der Waals surface area contributed by atoms with Crippen LogP contribution in [-0.2, 0) is 28.0 Å². The van der Waals surface area contributed by atoms with Gasteiger partial charge in [0.1, 0.15) is 30.1 Å². The second-order valence-corrected chi connectivity index (χ2v) is 20.7. The Hall–Kier alpha value is -5.75. The van der Waals surface area contributed by atoms with Crippen LogP contribution >= 0.6 is 12.3 Å². The fraction of sp³-hybridized carbons (Fsp3) is 0.481. The third-order valence-electron chi connectivity index (χ3n) is 15.8. The van der Waals surface area contributed by atoms with Crippen molar-refractivity contribution < 1.29 is 27.4 Å². The first kappa shape index (κ1) is 48.9. The van der Waals surface area contributed by atoms with E-state index < -0.39 is 6.04 Å². The summed E-state index contributed by atoms with van der Waals surface area (Å²) in [6.45, 7) is 11.0. The van der Waals surface area contributed by atoms with Gasteiger partial charge in [-0.2, -0.15) is 0 Å². The topological polar surface area (TPSA) is 123 Å². The number of Topliss-reactive ketones (excluding diaryl/α,β-unsaturated/α-hetero) is 1. The second-order valence-electron chi connectivity index (χ2n) is 20.2. The molecule has 2 atom stereocenters. The number of amides is 2. The highest BCUT2D eigenvalue weighted by Gasteiger charge is 2.32. The number of halogens is 2. The van der Waals surface area contributed by atoms with Gasteiger partial charge in [-0.25, -0.2) is 13.3 Å². The van der Waals surface area contributed by atoms with E-state index in [-0.39, 0.29) is 54.9 Å². The number of carbonyl (C=O) groups excluding carboxylic acids is 3. The third kappa shape index (κ3) is 10.2. The Bertz CT molecular complexity index is 2790. The SMILES string of the molecule is COCc1nc2ccc(C3=CCN(C)c4c3cc(C(C)N3CCC(c5ccc(C(=O)N6CCC(CN7CCN(c8ccc(NC9CCC(=O)CNC9=O)cc8F)CC7)CC6)cc5)CC3)n4C)cc2n1SF. The molecule has 5 aliphatic heterocycles. The molecule has 71 heavy (non-hydrogen) atoms. The van der Waals surface area contributed by atoms with Crippen LogP contribution in [0.3, 0.4) is 0 Å². The van der Waals surface area contributed by atoms with Crippen molar-refractivity contribution in [1.29, 1.82) is 0 Å². The van der Waals surface area contributed by atoms with E-state index >= 15 is 4.39 Å². The average Bonchev–Trinajstić information content (AvgIpc) is 3.88. The summed E-state index contributed by atoms with van der Waals surface area (Å²) in [7, 11) is 5.90. The van der Waals surface area contributed by atoms with Crippen LogP contribution in [0.15, 0.2) is 72.8 Å². The van der Waals surface area contributed by atoms with Crippen LogP contribution < -0.4 is 20.4 Å². The molecule has 0 saturated carbocycles. The zero-order chi connectivity index (χ0) is 49.3. The number of hydrogen-bond donors (Lipinski definition) is 2. The Morgan fingerprint density at radius 1 is 0.915 bits per heavy atom. The van der Waals surface area contributed by atoms with E-state index in [1.165, 1.54) is 32.7 Å². The number of hydrogen-bond acceptors (Lipinski definition) is 11. The number of aromatic nitrogens is 3. The molecular formula is C54H66F2N10O4S. The second kappa shape index (κ2) is 21.1. The molecule has 17 heteroatoms. The number of nitrogens with one attached hydrogen (secondary N) is 2. The molecule has 4 fully saturated rings. The Morgan fingerprint density at radius 3 is 2.39 bits per heavy atom. The number of piperazine rings is 1. The first-order valence-electron chi connectivity index (χ1n) is 25.3. The fourth-order valence-electron chi connectivity index (χ4n) is 11.7. The number of piperidine rings is 2. The molecule has 10 rings (SSSR count). The van der Waals surface area contributed by atoms with Gasteiger partial charge in [-0.1, -0.05) is 24.3 Å². The van der Waals surface area contributed by atoms with E-state index in [9.17, 15) is 18.3 Å². The number of imidazole rings is 1. The number of ether oxygens (including phenoxy) is 1. The standard InChI is InChI=1S/C54H66F2N10O4S/c1-35(49-31-44-43(19-20-60(2)53(44)61(49)3)40-9-12-46-50(29-40)66(71-56)51(59-46)34-70-4)63-23-17-38(18-24-63)37-5-7-39(8-6-37)54(69)65-21-15-36(16-22-65)33-62-25-27-64(28-26-62)48-14-10-41(30-45(48)55)58-47-13-11-42(67)32-57-52(47)68/h5-10,12,14,19,29-31,35-36,38,47,58H,11,13,15-18,20-28,32-34H2,1-4H3,(H,57,68). The molecule has 14 nitrogen and oxygen atoms in total. The number of nitrogens with zero attached hydrogens (tertiary/aromatic N) is 8. The molecule has 2 N–H and O–H groups in total. The number of ketones is 1. The van der Waals surface area contributed by atoms with Crippen molar-refractivity contribution >= 4 is 63.7 Å². The van der Waals surface area contributed by atoms with E-state index in [1.54, 1.807) is 13.2 Å². The summed E-state index contributed by atoms with van der Waals surface area (Å²) in [4.78, 5) is 53.9. The summed E-state index contributed by atoms with van der Waals surface area (Å²) in [5.74, 6) is 2.22. The number of carbonyl (C=O) groups is 3. The summed E-state index contributed by atoms with van der Waals surface area (Å²) in [6.07, 6.45) is 7.01. The van der Waals surface area contributed by atoms with Gasteiger partial charge in [0.15, 0.2) is 18.1 Å². The molecule has 2 unspecified atom stereocenters. The predicted octanol–water partition coefficient (Wildman–Crippen LogP) is 7.80. The van der Waals surface area contributed by atoms with Crippen LogP contribution in [0.4, 0.5) is 25.5 Å². The maximum Gasteiger partial charge on any atom is 0.253 e. The first-order chi connectivity index (χ1) is 34.5. The molecule has 4 saturated heterocycles. The number of methoxy groups -OCH3 is 1. The molecule has 2 aromatic heterocycles. The molecule has 2 amide bonds. The summed E-state index contributed by atoms with van der Waals surface area (Å²) in [5, 5.41) is 5.74. The van der Waals surface area contributed by atoms with Crippen molar-refractivity contribution in [3.63, 3.8) is 0 Å². The van der Waals surface area contributed by atoms with Crippen LogP contribution in [0, 0.1) is 11.7 Å². The third-order valence-corrected chi connectivity index (χ3v) is 16.4. The lowest BCUT2D eigenvalue weighted by Gasteiger charge is -2.39. The summed E-state index contributed by atoms with van der Waals surface area (Å²) < 4.78 is 38.7. The van der Waals surface area contributed by atoms with Gasteiger partial charge in [-0.05, 0) is 129 Å². The Morgan fingerprint density at radius 2 is 1.68 bits per heavy atom. The lowest BCUT2D eigenvalue weighted by atomic mass is 9.88. The van der Waals surface area contributed by atoms with Crippen molar-refractivity contribution in [3.8, 4) is 0 Å². The Balaban J connectivity index is 0.682. The summed E-state index contributed by atoms with van der Waals surface area (Å²) >= 11 is 0.155. The maximum absolute atomic E-state index is 15.4. The zero-order valence-corrected chi connectivity index (χ0v) is 42.2. The lowest BCUT2D eigenvalue weighted by molar-refractivity contribution is -0.123. The number of rotatable bonds is 13. The zero-order valence-electron chi connectivity index (χ0n) is 41.3. The number of anilines is 3. The molecule has 376 valence electrons. The van der Waals surface area contributed by atoms with E-state index in [0.717, 1.165) is 119 Å². The van der Waals surface area contributed by atoms with Gasteiger partial charge in [0.25, 0.3) is 5.91 Å². The quantitative estimate of drug-likeness (QED) is 0.120. The van der Waals surface area contributed by atoms with Gasteiger partial charge in [0.2, 0.25) is 5.91 Å². The Labute approximate surface area is 419 Å². The van der Waals surface area contributed by atoms with Crippen LogP contribution in [0.5, 0.6) is 0 Å². The van der Waals surface area contributed by atoms with Gasteiger partial charge in [0, 0.05) is 109 Å². The van der Waals surface area contributed by atoms with Crippen LogP contribution in [0.1, 0.15) is 96.0 Å². The van der Waals surface area contributed by atoms with Gasteiger partial charge in [-0.3, -0.25) is 24.2 Å². The number of fused-ring (bicyclic) bond motifs is 2. The minimum atomic E-state index is -0.566.